The Morgan fingerprint density at radius 2 is 2.04 bits per heavy atom. The van der Waals surface area contributed by atoms with E-state index >= 15 is 0 Å². The van der Waals surface area contributed by atoms with Crippen LogP contribution in [-0.4, -0.2) is 42.3 Å². The van der Waals surface area contributed by atoms with E-state index in [-0.39, 0.29) is 34.6 Å². The molecule has 0 aromatic heterocycles. The number of thioether (sulfide) groups is 1. The average molecular weight is 421 g/mol. The maximum absolute atomic E-state index is 12.2. The molecule has 2 saturated heterocycles. The largest absolute Gasteiger partial charge is 0.316 e. The Morgan fingerprint density at radius 1 is 1.32 bits per heavy atom. The number of sulfone groups is 1. The van der Waals surface area contributed by atoms with Gasteiger partial charge in [0.1, 0.15) is 0 Å². The molecule has 3 rings (SSSR count). The third-order valence-electron chi connectivity index (χ3n) is 4.05. The second-order valence-corrected chi connectivity index (χ2v) is 10.8. The molecule has 136 valence electrons. The molecule has 2 atom stereocenters. The number of halogens is 2. The topological polar surface area (TPSA) is 66.8 Å². The molecule has 0 spiro atoms. The fraction of sp³-hybridized carbons (Fsp3) is 0.500. The zero-order valence-electron chi connectivity index (χ0n) is 13.8. The molecule has 0 aliphatic carbocycles. The second kappa shape index (κ2) is 7.10. The first-order valence-corrected chi connectivity index (χ1v) is 11.3. The van der Waals surface area contributed by atoms with Gasteiger partial charge in [-0.2, -0.15) is 4.99 Å². The van der Waals surface area contributed by atoms with Crippen LogP contribution in [0.1, 0.15) is 20.3 Å². The summed E-state index contributed by atoms with van der Waals surface area (Å²) >= 11 is 13.5. The normalized spacial score (nSPS) is 26.4. The molecular weight excluding hydrogens is 403 g/mol. The van der Waals surface area contributed by atoms with Gasteiger partial charge in [-0.25, -0.2) is 8.42 Å². The minimum atomic E-state index is -3.10. The van der Waals surface area contributed by atoms with Crippen molar-refractivity contribution < 1.29 is 13.2 Å². The Hall–Kier alpha value is -0.760. The first kappa shape index (κ1) is 19.0. The summed E-state index contributed by atoms with van der Waals surface area (Å²) in [5, 5.41) is 1.20. The number of aliphatic imine (C=N–C) groups is 1. The molecule has 2 aliphatic heterocycles. The molecule has 0 N–H and O–H groups in total. The van der Waals surface area contributed by atoms with Gasteiger partial charge >= 0.3 is 0 Å². The molecule has 0 bridgehead atoms. The van der Waals surface area contributed by atoms with Crippen molar-refractivity contribution in [3.8, 4) is 0 Å². The molecule has 25 heavy (non-hydrogen) atoms. The van der Waals surface area contributed by atoms with E-state index < -0.39 is 9.84 Å². The van der Waals surface area contributed by atoms with Gasteiger partial charge in [0, 0.05) is 17.4 Å². The maximum Gasteiger partial charge on any atom is 0.248 e. The fourth-order valence-electron chi connectivity index (χ4n) is 3.00. The number of carbonyl (C=O) groups is 1. The first-order chi connectivity index (χ1) is 11.7. The van der Waals surface area contributed by atoms with Crippen molar-refractivity contribution in [3.63, 3.8) is 0 Å². The SMILES string of the molecule is CC(C)CC(=O)N=C1S[C@@H]2CS(=O)(=O)C[C@@H]2N1c1ccc(Cl)c(Cl)c1. The predicted octanol–water partition coefficient (Wildman–Crippen LogP) is 3.64. The van der Waals surface area contributed by atoms with E-state index in [1.165, 1.54) is 11.8 Å². The summed E-state index contributed by atoms with van der Waals surface area (Å²) in [7, 11) is -3.10. The van der Waals surface area contributed by atoms with Crippen molar-refractivity contribution in [3.05, 3.63) is 28.2 Å². The maximum atomic E-state index is 12.2. The summed E-state index contributed by atoms with van der Waals surface area (Å²) in [5.74, 6) is 0.145. The van der Waals surface area contributed by atoms with E-state index in [4.69, 9.17) is 23.2 Å². The Bertz CT molecular complexity index is 840. The van der Waals surface area contributed by atoms with Crippen LogP contribution in [0.25, 0.3) is 0 Å². The van der Waals surface area contributed by atoms with Crippen LogP contribution in [0.2, 0.25) is 10.0 Å². The van der Waals surface area contributed by atoms with Gasteiger partial charge in [0.05, 0.1) is 27.6 Å². The summed E-state index contributed by atoms with van der Waals surface area (Å²) in [6, 6.07) is 4.86. The second-order valence-electron chi connectivity index (χ2n) is 6.66. The highest BCUT2D eigenvalue weighted by Crippen LogP contribution is 2.42. The number of amidine groups is 1. The lowest BCUT2D eigenvalue weighted by Gasteiger charge is -2.24. The van der Waals surface area contributed by atoms with Crippen LogP contribution in [0.4, 0.5) is 5.69 Å². The molecule has 1 aromatic carbocycles. The van der Waals surface area contributed by atoms with Crippen LogP contribution in [0.5, 0.6) is 0 Å². The number of fused-ring (bicyclic) bond motifs is 1. The number of nitrogens with zero attached hydrogens (tertiary/aromatic N) is 2. The monoisotopic (exact) mass is 420 g/mol. The highest BCUT2D eigenvalue weighted by molar-refractivity contribution is 8.16. The number of rotatable bonds is 3. The van der Waals surface area contributed by atoms with Gasteiger partial charge in [-0.1, -0.05) is 48.8 Å². The summed E-state index contributed by atoms with van der Waals surface area (Å²) in [6.07, 6.45) is 0.354. The summed E-state index contributed by atoms with van der Waals surface area (Å²) in [5.41, 5.74) is 0.697. The number of benzene rings is 1. The lowest BCUT2D eigenvalue weighted by molar-refractivity contribution is -0.118. The van der Waals surface area contributed by atoms with Gasteiger partial charge in [-0.05, 0) is 24.1 Å². The van der Waals surface area contributed by atoms with Crippen LogP contribution in [0.15, 0.2) is 23.2 Å². The Labute approximate surface area is 161 Å². The van der Waals surface area contributed by atoms with Crippen molar-refractivity contribution in [2.45, 2.75) is 31.6 Å². The fourth-order valence-corrected chi connectivity index (χ4v) is 7.23. The highest BCUT2D eigenvalue weighted by Gasteiger charge is 2.49. The Balaban J connectivity index is 1.99. The zero-order chi connectivity index (χ0) is 18.4. The van der Waals surface area contributed by atoms with E-state index in [2.05, 4.69) is 4.99 Å². The van der Waals surface area contributed by atoms with Crippen LogP contribution in [0, 0.1) is 5.92 Å². The number of hydrogen-bond acceptors (Lipinski definition) is 4. The van der Waals surface area contributed by atoms with E-state index in [1.807, 2.05) is 18.7 Å². The molecule has 2 heterocycles. The van der Waals surface area contributed by atoms with Gasteiger partial charge in [-0.15, -0.1) is 0 Å². The first-order valence-electron chi connectivity index (χ1n) is 7.89. The Morgan fingerprint density at radius 3 is 2.68 bits per heavy atom. The lowest BCUT2D eigenvalue weighted by Crippen LogP contribution is -2.37. The minimum absolute atomic E-state index is 0.0440. The van der Waals surface area contributed by atoms with Crippen LogP contribution in [-0.2, 0) is 14.6 Å². The van der Waals surface area contributed by atoms with Crippen LogP contribution in [0.3, 0.4) is 0 Å². The number of carbonyl (C=O) groups excluding carboxylic acids is 1. The molecular formula is C16H18Cl2N2O3S2. The van der Waals surface area contributed by atoms with E-state index in [0.29, 0.717) is 27.3 Å². The Kier molecular flexibility index (Phi) is 5.40. The smallest absolute Gasteiger partial charge is 0.248 e. The quantitative estimate of drug-likeness (QED) is 0.746. The van der Waals surface area contributed by atoms with Crippen molar-refractivity contribution in [1.82, 2.24) is 0 Å². The number of anilines is 1. The van der Waals surface area contributed by atoms with E-state index in [0.717, 1.165) is 0 Å². The average Bonchev–Trinajstić information content (AvgIpc) is 2.92. The molecule has 0 unspecified atom stereocenters. The molecule has 0 saturated carbocycles. The van der Waals surface area contributed by atoms with Gasteiger partial charge in [0.15, 0.2) is 15.0 Å². The molecule has 2 aliphatic rings. The molecule has 2 fully saturated rings. The minimum Gasteiger partial charge on any atom is -0.316 e. The molecule has 1 aromatic rings. The zero-order valence-corrected chi connectivity index (χ0v) is 16.9. The van der Waals surface area contributed by atoms with Crippen molar-refractivity contribution >= 4 is 61.6 Å². The number of hydrogen-bond donors (Lipinski definition) is 0. The van der Waals surface area contributed by atoms with Crippen molar-refractivity contribution in [2.75, 3.05) is 16.4 Å². The van der Waals surface area contributed by atoms with E-state index in [9.17, 15) is 13.2 Å². The van der Waals surface area contributed by atoms with Gasteiger partial charge < -0.3 is 4.90 Å². The van der Waals surface area contributed by atoms with Crippen LogP contribution < -0.4 is 4.90 Å². The highest BCUT2D eigenvalue weighted by atomic mass is 35.5. The standard InChI is InChI=1S/C16H18Cl2N2O3S2/c1-9(2)5-15(21)19-16-20(10-3-4-11(17)12(18)6-10)13-7-25(22,23)8-14(13)24-16/h3-4,6,9,13-14H,5,7-8H2,1-2H3/t13-,14+/m0/s1. The third kappa shape index (κ3) is 4.15. The van der Waals surface area contributed by atoms with Gasteiger partial charge in [0.25, 0.3) is 0 Å². The molecule has 1 amide bonds. The molecule has 9 heteroatoms. The molecule has 5 nitrogen and oxygen atoms in total. The number of amides is 1. The summed E-state index contributed by atoms with van der Waals surface area (Å²) in [4.78, 5) is 18.2. The summed E-state index contributed by atoms with van der Waals surface area (Å²) in [6.45, 7) is 3.91. The molecule has 0 radical (unpaired) electrons. The van der Waals surface area contributed by atoms with Crippen molar-refractivity contribution in [1.29, 1.82) is 0 Å². The lowest BCUT2D eigenvalue weighted by atomic mass is 10.1. The van der Waals surface area contributed by atoms with E-state index in [1.54, 1.807) is 18.2 Å². The van der Waals surface area contributed by atoms with Gasteiger partial charge in [0.2, 0.25) is 5.91 Å². The summed E-state index contributed by atoms with van der Waals surface area (Å²) < 4.78 is 24.0. The van der Waals surface area contributed by atoms with Crippen LogP contribution >= 0.6 is 35.0 Å². The predicted molar refractivity (Wildman–Crippen MR) is 105 cm³/mol. The third-order valence-corrected chi connectivity index (χ3v) is 8.00. The van der Waals surface area contributed by atoms with Crippen molar-refractivity contribution in [2.24, 2.45) is 10.9 Å². The van der Waals surface area contributed by atoms with Gasteiger partial charge in [-0.3, -0.25) is 4.79 Å².